The Morgan fingerprint density at radius 3 is 2.62 bits per heavy atom. The third-order valence-corrected chi connectivity index (χ3v) is 6.32. The summed E-state index contributed by atoms with van der Waals surface area (Å²) in [4.78, 5) is 30.2. The second kappa shape index (κ2) is 10.8. The molecule has 2 aromatic carbocycles. The molecule has 0 bridgehead atoms. The van der Waals surface area contributed by atoms with E-state index < -0.39 is 6.04 Å². The lowest BCUT2D eigenvalue weighted by atomic mass is 10.1. The van der Waals surface area contributed by atoms with E-state index >= 15 is 0 Å². The maximum atomic E-state index is 13.2. The number of hydrogen-bond donors (Lipinski definition) is 1. The Balaban J connectivity index is 1.70. The lowest BCUT2D eigenvalue weighted by Crippen LogP contribution is -2.45. The van der Waals surface area contributed by atoms with Crippen molar-refractivity contribution >= 4 is 23.4 Å². The number of ether oxygens (including phenoxy) is 1. The van der Waals surface area contributed by atoms with Gasteiger partial charge >= 0.3 is 0 Å². The van der Waals surface area contributed by atoms with Crippen LogP contribution in [0.15, 0.2) is 42.5 Å². The summed E-state index contributed by atoms with van der Waals surface area (Å²) in [5.74, 6) is 0.0819. The number of nitrogens with one attached hydrogen (secondary N) is 1. The summed E-state index contributed by atoms with van der Waals surface area (Å²) < 4.78 is 5.33. The minimum absolute atomic E-state index is 0.135. The number of halogens is 1. The van der Waals surface area contributed by atoms with E-state index in [0.29, 0.717) is 41.9 Å². The first-order chi connectivity index (χ1) is 15.3. The molecule has 3 rings (SSSR count). The number of rotatable bonds is 8. The van der Waals surface area contributed by atoms with Crippen LogP contribution in [-0.4, -0.2) is 54.4 Å². The Hall–Kier alpha value is -2.57. The third kappa shape index (κ3) is 5.61. The van der Waals surface area contributed by atoms with E-state index in [4.69, 9.17) is 16.3 Å². The van der Waals surface area contributed by atoms with E-state index in [9.17, 15) is 9.59 Å². The average Bonchev–Trinajstić information content (AvgIpc) is 3.27. The number of benzene rings is 2. The normalized spacial score (nSPS) is 16.0. The van der Waals surface area contributed by atoms with Crippen LogP contribution >= 0.6 is 11.6 Å². The van der Waals surface area contributed by atoms with Gasteiger partial charge in [-0.2, -0.15) is 0 Å². The fourth-order valence-electron chi connectivity index (χ4n) is 3.92. The molecule has 1 unspecified atom stereocenters. The van der Waals surface area contributed by atoms with Crippen molar-refractivity contribution in [2.45, 2.75) is 51.9 Å². The summed E-state index contributed by atoms with van der Waals surface area (Å²) in [7, 11) is 3.61. The molecule has 0 radical (unpaired) electrons. The summed E-state index contributed by atoms with van der Waals surface area (Å²) in [6.45, 7) is 6.09. The predicted octanol–water partition coefficient (Wildman–Crippen LogP) is 4.11. The summed E-state index contributed by atoms with van der Waals surface area (Å²) in [5, 5.41) is 3.51. The number of carbonyl (C=O) groups excluding carboxylic acids is 2. The molecule has 1 heterocycles. The van der Waals surface area contributed by atoms with E-state index in [1.807, 2.05) is 18.2 Å². The van der Waals surface area contributed by atoms with Crippen molar-refractivity contribution < 1.29 is 14.3 Å². The number of hydrogen-bond acceptors (Lipinski definition) is 4. The van der Waals surface area contributed by atoms with Crippen molar-refractivity contribution in [2.75, 3.05) is 20.7 Å². The summed E-state index contributed by atoms with van der Waals surface area (Å²) in [6.07, 6.45) is 1.42. The molecular weight excluding hydrogens is 426 g/mol. The van der Waals surface area contributed by atoms with Gasteiger partial charge < -0.3 is 15.0 Å². The van der Waals surface area contributed by atoms with Gasteiger partial charge in [0.05, 0.1) is 12.7 Å². The van der Waals surface area contributed by atoms with Crippen molar-refractivity contribution in [1.82, 2.24) is 15.1 Å². The van der Waals surface area contributed by atoms with Crippen molar-refractivity contribution in [3.05, 3.63) is 64.2 Å². The molecule has 172 valence electrons. The first-order valence-electron chi connectivity index (χ1n) is 11.0. The lowest BCUT2D eigenvalue weighted by molar-refractivity contribution is -0.125. The van der Waals surface area contributed by atoms with Gasteiger partial charge in [0.15, 0.2) is 0 Å². The van der Waals surface area contributed by atoms with Gasteiger partial charge in [-0.1, -0.05) is 35.9 Å². The molecule has 0 aromatic heterocycles. The molecule has 1 aliphatic heterocycles. The Bertz CT molecular complexity index is 963. The molecule has 1 saturated heterocycles. The van der Waals surface area contributed by atoms with E-state index in [1.165, 1.54) is 12.7 Å². The molecule has 2 aromatic rings. The molecular formula is C25H32ClN3O3. The zero-order chi connectivity index (χ0) is 23.3. The van der Waals surface area contributed by atoms with Gasteiger partial charge in [0.1, 0.15) is 11.8 Å². The second-order valence-electron chi connectivity index (χ2n) is 8.50. The predicted molar refractivity (Wildman–Crippen MR) is 127 cm³/mol. The van der Waals surface area contributed by atoms with Crippen LogP contribution in [0.2, 0.25) is 5.02 Å². The van der Waals surface area contributed by atoms with Gasteiger partial charge in [-0.25, -0.2) is 0 Å². The van der Waals surface area contributed by atoms with Crippen LogP contribution in [-0.2, 0) is 17.9 Å². The van der Waals surface area contributed by atoms with Crippen LogP contribution in [0, 0.1) is 0 Å². The Morgan fingerprint density at radius 1 is 1.22 bits per heavy atom. The van der Waals surface area contributed by atoms with Crippen molar-refractivity contribution in [1.29, 1.82) is 0 Å². The minimum atomic E-state index is -0.503. The monoisotopic (exact) mass is 457 g/mol. The molecule has 0 spiro atoms. The van der Waals surface area contributed by atoms with E-state index in [2.05, 4.69) is 37.2 Å². The van der Waals surface area contributed by atoms with Crippen LogP contribution < -0.4 is 10.1 Å². The van der Waals surface area contributed by atoms with E-state index in [0.717, 1.165) is 18.5 Å². The highest BCUT2D eigenvalue weighted by molar-refractivity contribution is 6.31. The fraction of sp³-hybridized carbons (Fsp3) is 0.440. The number of methoxy groups -OCH3 is 1. The van der Waals surface area contributed by atoms with Crippen molar-refractivity contribution in [3.63, 3.8) is 0 Å². The van der Waals surface area contributed by atoms with Crippen LogP contribution in [0.4, 0.5) is 0 Å². The van der Waals surface area contributed by atoms with Crippen molar-refractivity contribution in [2.24, 2.45) is 0 Å². The molecule has 6 nitrogen and oxygen atoms in total. The van der Waals surface area contributed by atoms with Crippen LogP contribution in [0.5, 0.6) is 5.75 Å². The maximum absolute atomic E-state index is 13.2. The van der Waals surface area contributed by atoms with Gasteiger partial charge in [-0.3, -0.25) is 14.5 Å². The third-order valence-electron chi connectivity index (χ3n) is 6.08. The van der Waals surface area contributed by atoms with Crippen LogP contribution in [0.1, 0.15) is 48.2 Å². The Labute approximate surface area is 195 Å². The second-order valence-corrected chi connectivity index (χ2v) is 8.93. The topological polar surface area (TPSA) is 61.9 Å². The van der Waals surface area contributed by atoms with Gasteiger partial charge in [-0.15, -0.1) is 0 Å². The minimum Gasteiger partial charge on any atom is -0.496 e. The number of amides is 2. The van der Waals surface area contributed by atoms with Gasteiger partial charge in [0, 0.05) is 30.7 Å². The first kappa shape index (κ1) is 24.1. The van der Waals surface area contributed by atoms with Gasteiger partial charge in [0.25, 0.3) is 5.91 Å². The van der Waals surface area contributed by atoms with E-state index in [1.54, 1.807) is 23.1 Å². The number of nitrogens with zero attached hydrogens (tertiary/aromatic N) is 2. The highest BCUT2D eigenvalue weighted by Gasteiger charge is 2.35. The summed E-state index contributed by atoms with van der Waals surface area (Å²) in [6, 6.07) is 13.0. The Morgan fingerprint density at radius 2 is 1.94 bits per heavy atom. The molecule has 1 atom stereocenters. The molecule has 0 saturated carbocycles. The standard InChI is InChI=1S/C25H32ClN3O3/c1-17(2)28(3)16-19-9-6-5-8-18(19)15-27-24(30)22-10-7-13-29(22)25(31)21-14-20(26)11-12-23(21)32-4/h5-6,8-9,11-12,14,17,22H,7,10,13,15-16H2,1-4H3,(H,27,30). The van der Waals surface area contributed by atoms with Crippen LogP contribution in [0.25, 0.3) is 0 Å². The quantitative estimate of drug-likeness (QED) is 0.648. The average molecular weight is 458 g/mol. The molecule has 1 N–H and O–H groups in total. The smallest absolute Gasteiger partial charge is 0.258 e. The summed E-state index contributed by atoms with van der Waals surface area (Å²) >= 11 is 6.10. The zero-order valence-corrected chi connectivity index (χ0v) is 20.0. The van der Waals surface area contributed by atoms with Crippen molar-refractivity contribution in [3.8, 4) is 5.75 Å². The fourth-order valence-corrected chi connectivity index (χ4v) is 4.09. The molecule has 7 heteroatoms. The first-order valence-corrected chi connectivity index (χ1v) is 11.4. The van der Waals surface area contributed by atoms with Gasteiger partial charge in [0.2, 0.25) is 5.91 Å². The zero-order valence-electron chi connectivity index (χ0n) is 19.2. The molecule has 1 aliphatic rings. The highest BCUT2D eigenvalue weighted by Crippen LogP contribution is 2.28. The van der Waals surface area contributed by atoms with Gasteiger partial charge in [-0.05, 0) is 63.1 Å². The molecule has 32 heavy (non-hydrogen) atoms. The molecule has 0 aliphatic carbocycles. The van der Waals surface area contributed by atoms with Crippen LogP contribution in [0.3, 0.4) is 0 Å². The SMILES string of the molecule is COc1ccc(Cl)cc1C(=O)N1CCCC1C(=O)NCc1ccccc1CN(C)C(C)C. The maximum Gasteiger partial charge on any atom is 0.258 e. The largest absolute Gasteiger partial charge is 0.496 e. The Kier molecular flexibility index (Phi) is 8.15. The van der Waals surface area contributed by atoms with E-state index in [-0.39, 0.29) is 11.8 Å². The molecule has 1 fully saturated rings. The summed E-state index contributed by atoms with van der Waals surface area (Å²) in [5.41, 5.74) is 2.65. The highest BCUT2D eigenvalue weighted by atomic mass is 35.5. The lowest BCUT2D eigenvalue weighted by Gasteiger charge is -2.25. The number of carbonyl (C=O) groups is 2. The number of likely N-dealkylation sites (tertiary alicyclic amines) is 1. The molecule has 2 amide bonds.